The van der Waals surface area contributed by atoms with E-state index in [2.05, 4.69) is 15.6 Å². The van der Waals surface area contributed by atoms with Crippen LogP contribution in [0, 0.1) is 5.92 Å². The first kappa shape index (κ1) is 15.2. The minimum Gasteiger partial charge on any atom is -0.463 e. The van der Waals surface area contributed by atoms with Gasteiger partial charge in [-0.2, -0.15) is 0 Å². The highest BCUT2D eigenvalue weighted by molar-refractivity contribution is 7.14. The number of hydrogen-bond donors (Lipinski definition) is 2. The van der Waals surface area contributed by atoms with Gasteiger partial charge >= 0.3 is 0 Å². The van der Waals surface area contributed by atoms with Crippen LogP contribution >= 0.6 is 11.3 Å². The van der Waals surface area contributed by atoms with Gasteiger partial charge in [-0.3, -0.25) is 9.59 Å². The molecule has 0 unspecified atom stereocenters. The second-order valence-electron chi connectivity index (χ2n) is 4.93. The smallest absolute Gasteiger partial charge is 0.248 e. The molecule has 2 aromatic heterocycles. The molecule has 2 aromatic rings. The van der Waals surface area contributed by atoms with Gasteiger partial charge in [0.05, 0.1) is 6.26 Å². The minimum atomic E-state index is -0.585. The van der Waals surface area contributed by atoms with E-state index in [9.17, 15) is 9.59 Å². The minimum absolute atomic E-state index is 0.0154. The van der Waals surface area contributed by atoms with Gasteiger partial charge in [0, 0.05) is 12.3 Å². The molecule has 0 aromatic carbocycles. The van der Waals surface area contributed by atoms with Crippen molar-refractivity contribution in [3.05, 3.63) is 23.8 Å². The van der Waals surface area contributed by atoms with Crippen LogP contribution in [0.25, 0.3) is 11.5 Å². The van der Waals surface area contributed by atoms with Gasteiger partial charge in [0.25, 0.3) is 0 Å². The van der Waals surface area contributed by atoms with Crippen molar-refractivity contribution in [2.24, 2.45) is 5.92 Å². The van der Waals surface area contributed by atoms with Crippen LogP contribution in [0.3, 0.4) is 0 Å². The Kier molecular flexibility index (Phi) is 4.74. The number of carbonyl (C=O) groups excluding carboxylic acids is 2. The Balaban J connectivity index is 2.06. The molecule has 1 atom stereocenters. The quantitative estimate of drug-likeness (QED) is 0.889. The molecule has 0 fully saturated rings. The van der Waals surface area contributed by atoms with Crippen molar-refractivity contribution in [3.8, 4) is 11.5 Å². The summed E-state index contributed by atoms with van der Waals surface area (Å²) in [6.45, 7) is 5.13. The summed E-state index contributed by atoms with van der Waals surface area (Å²) < 4.78 is 5.25. The summed E-state index contributed by atoms with van der Waals surface area (Å²) >= 11 is 1.31. The molecule has 2 amide bonds. The third-order valence-corrected chi connectivity index (χ3v) is 3.57. The third-order valence-electron chi connectivity index (χ3n) is 2.82. The zero-order valence-corrected chi connectivity index (χ0v) is 12.9. The predicted molar refractivity (Wildman–Crippen MR) is 80.9 cm³/mol. The molecule has 0 saturated carbocycles. The molecule has 2 rings (SSSR count). The number of rotatable bonds is 5. The second-order valence-corrected chi connectivity index (χ2v) is 5.78. The second kappa shape index (κ2) is 6.53. The number of carbonyl (C=O) groups is 2. The maximum absolute atomic E-state index is 12.2. The van der Waals surface area contributed by atoms with Gasteiger partial charge in [-0.1, -0.05) is 13.8 Å². The van der Waals surface area contributed by atoms with E-state index in [1.807, 2.05) is 13.8 Å². The number of amides is 2. The fourth-order valence-electron chi connectivity index (χ4n) is 1.81. The number of nitrogens with one attached hydrogen (secondary N) is 2. The molecule has 0 aliphatic heterocycles. The number of anilines is 1. The maximum Gasteiger partial charge on any atom is 0.248 e. The average Bonchev–Trinajstić information content (AvgIpc) is 3.05. The molecule has 0 saturated heterocycles. The number of hydrogen-bond acceptors (Lipinski definition) is 5. The molecule has 21 heavy (non-hydrogen) atoms. The van der Waals surface area contributed by atoms with Crippen molar-refractivity contribution in [3.63, 3.8) is 0 Å². The molecule has 112 valence electrons. The van der Waals surface area contributed by atoms with Crippen molar-refractivity contribution < 1.29 is 14.0 Å². The Morgan fingerprint density at radius 3 is 2.71 bits per heavy atom. The first-order valence-corrected chi connectivity index (χ1v) is 7.42. The van der Waals surface area contributed by atoms with Crippen LogP contribution in [0.4, 0.5) is 5.13 Å². The van der Waals surface area contributed by atoms with Crippen LogP contribution < -0.4 is 10.6 Å². The van der Waals surface area contributed by atoms with Gasteiger partial charge in [-0.25, -0.2) is 4.98 Å². The number of nitrogens with zero attached hydrogens (tertiary/aromatic N) is 1. The summed E-state index contributed by atoms with van der Waals surface area (Å²) in [6, 6.07) is 2.99. The lowest BCUT2D eigenvalue weighted by atomic mass is 10.0. The normalized spacial score (nSPS) is 12.2. The number of thiazole rings is 1. The molecule has 0 aliphatic carbocycles. The van der Waals surface area contributed by atoms with Crippen LogP contribution in [-0.4, -0.2) is 22.8 Å². The topological polar surface area (TPSA) is 84.2 Å². The van der Waals surface area contributed by atoms with Crippen LogP contribution in [0.2, 0.25) is 0 Å². The van der Waals surface area contributed by atoms with Crippen molar-refractivity contribution in [1.82, 2.24) is 10.3 Å². The van der Waals surface area contributed by atoms with E-state index in [0.717, 1.165) is 0 Å². The SMILES string of the molecule is CC(=O)N[C@@H](C(=O)Nc1nc(-c2ccco2)cs1)C(C)C. The molecule has 6 nitrogen and oxygen atoms in total. The van der Waals surface area contributed by atoms with Crippen LogP contribution in [0.1, 0.15) is 20.8 Å². The molecule has 0 bridgehead atoms. The van der Waals surface area contributed by atoms with Gasteiger partial charge in [0.1, 0.15) is 11.7 Å². The Morgan fingerprint density at radius 1 is 1.38 bits per heavy atom. The zero-order chi connectivity index (χ0) is 15.4. The zero-order valence-electron chi connectivity index (χ0n) is 12.0. The molecular formula is C14H17N3O3S. The van der Waals surface area contributed by atoms with E-state index in [-0.39, 0.29) is 17.7 Å². The van der Waals surface area contributed by atoms with Crippen molar-refractivity contribution in [2.75, 3.05) is 5.32 Å². The van der Waals surface area contributed by atoms with Gasteiger partial charge in [0.15, 0.2) is 10.9 Å². The van der Waals surface area contributed by atoms with E-state index in [1.165, 1.54) is 18.3 Å². The fraction of sp³-hybridized carbons (Fsp3) is 0.357. The van der Waals surface area contributed by atoms with Crippen LogP contribution in [0.15, 0.2) is 28.2 Å². The summed E-state index contributed by atoms with van der Waals surface area (Å²) in [6.07, 6.45) is 1.57. The Labute approximate surface area is 126 Å². The first-order valence-electron chi connectivity index (χ1n) is 6.54. The van der Waals surface area contributed by atoms with E-state index < -0.39 is 6.04 Å². The lowest BCUT2D eigenvalue weighted by Gasteiger charge is -2.20. The van der Waals surface area contributed by atoms with Gasteiger partial charge in [-0.15, -0.1) is 11.3 Å². The summed E-state index contributed by atoms with van der Waals surface area (Å²) in [5.74, 6) is 0.118. The summed E-state index contributed by atoms with van der Waals surface area (Å²) in [5.41, 5.74) is 0.668. The van der Waals surface area contributed by atoms with Crippen molar-refractivity contribution in [2.45, 2.75) is 26.8 Å². The number of furan rings is 1. The summed E-state index contributed by atoms with van der Waals surface area (Å²) in [7, 11) is 0. The van der Waals surface area contributed by atoms with E-state index >= 15 is 0 Å². The highest BCUT2D eigenvalue weighted by atomic mass is 32.1. The standard InChI is InChI=1S/C14H17N3O3S/c1-8(2)12(15-9(3)18)13(19)17-14-16-10(7-21-14)11-5-4-6-20-11/h4-8,12H,1-3H3,(H,15,18)(H,16,17,19)/t12-/m1/s1. The molecule has 0 aliphatic rings. The number of aromatic nitrogens is 1. The highest BCUT2D eigenvalue weighted by Crippen LogP contribution is 2.25. The molecule has 2 N–H and O–H groups in total. The third kappa shape index (κ3) is 3.91. The molecular weight excluding hydrogens is 290 g/mol. The van der Waals surface area contributed by atoms with Gasteiger partial charge in [0.2, 0.25) is 11.8 Å². The summed E-state index contributed by atoms with van der Waals surface area (Å²) in [4.78, 5) is 27.7. The average molecular weight is 307 g/mol. The Bertz CT molecular complexity index is 619. The van der Waals surface area contributed by atoms with Crippen molar-refractivity contribution >= 4 is 28.3 Å². The monoisotopic (exact) mass is 307 g/mol. The Morgan fingerprint density at radius 2 is 2.14 bits per heavy atom. The highest BCUT2D eigenvalue weighted by Gasteiger charge is 2.23. The first-order chi connectivity index (χ1) is 9.97. The van der Waals surface area contributed by atoms with E-state index in [1.54, 1.807) is 23.8 Å². The van der Waals surface area contributed by atoms with Crippen LogP contribution in [-0.2, 0) is 9.59 Å². The molecule has 0 spiro atoms. The Hall–Kier alpha value is -2.15. The van der Waals surface area contributed by atoms with Crippen LogP contribution in [0.5, 0.6) is 0 Å². The predicted octanol–water partition coefficient (Wildman–Crippen LogP) is 2.50. The van der Waals surface area contributed by atoms with Gasteiger partial charge < -0.3 is 15.1 Å². The van der Waals surface area contributed by atoms with Gasteiger partial charge in [-0.05, 0) is 18.1 Å². The van der Waals surface area contributed by atoms with Crippen molar-refractivity contribution in [1.29, 1.82) is 0 Å². The molecule has 0 radical (unpaired) electrons. The molecule has 7 heteroatoms. The molecule has 2 heterocycles. The lowest BCUT2D eigenvalue weighted by Crippen LogP contribution is -2.46. The van der Waals surface area contributed by atoms with E-state index in [4.69, 9.17) is 4.42 Å². The maximum atomic E-state index is 12.2. The lowest BCUT2D eigenvalue weighted by molar-refractivity contribution is -0.126. The van der Waals surface area contributed by atoms with E-state index in [0.29, 0.717) is 16.6 Å². The fourth-order valence-corrected chi connectivity index (χ4v) is 2.51. The largest absolute Gasteiger partial charge is 0.463 e. The summed E-state index contributed by atoms with van der Waals surface area (Å²) in [5, 5.41) is 7.64.